The van der Waals surface area contributed by atoms with Crippen molar-refractivity contribution in [2.75, 3.05) is 16.0 Å². The number of carbonyl (C=O) groups is 2. The van der Waals surface area contributed by atoms with Crippen LogP contribution in [0.4, 0.5) is 35.9 Å². The molecule has 0 spiro atoms. The number of nitrogens with two attached hydrogens (primary N) is 1. The molecule has 0 bridgehead atoms. The zero-order valence-electron chi connectivity index (χ0n) is 15.0. The van der Waals surface area contributed by atoms with Gasteiger partial charge in [-0.15, -0.1) is 0 Å². The molecule has 0 aromatic heterocycles. The van der Waals surface area contributed by atoms with Crippen molar-refractivity contribution < 1.29 is 22.8 Å². The van der Waals surface area contributed by atoms with Gasteiger partial charge in [-0.25, -0.2) is 0 Å². The van der Waals surface area contributed by atoms with Crippen LogP contribution in [-0.4, -0.2) is 11.8 Å². The number of halogens is 3. The summed E-state index contributed by atoms with van der Waals surface area (Å²) in [6, 6.07) is 18.7. The van der Waals surface area contributed by atoms with Crippen LogP contribution in [0.1, 0.15) is 5.56 Å². The van der Waals surface area contributed by atoms with E-state index in [9.17, 15) is 22.8 Å². The molecule has 29 heavy (non-hydrogen) atoms. The maximum absolute atomic E-state index is 12.9. The third-order valence-electron chi connectivity index (χ3n) is 4.01. The summed E-state index contributed by atoms with van der Waals surface area (Å²) in [7, 11) is 0. The summed E-state index contributed by atoms with van der Waals surface area (Å²) in [5.74, 6) is -2.04. The van der Waals surface area contributed by atoms with Gasteiger partial charge in [0.1, 0.15) is 0 Å². The van der Waals surface area contributed by atoms with Crippen molar-refractivity contribution in [1.29, 1.82) is 0 Å². The Kier molecular flexibility index (Phi) is 5.54. The minimum atomic E-state index is -4.56. The molecule has 0 aliphatic heterocycles. The molecule has 0 saturated heterocycles. The smallest absolute Gasteiger partial charge is 0.399 e. The van der Waals surface area contributed by atoms with Gasteiger partial charge in [0.2, 0.25) is 0 Å². The fraction of sp³-hybridized carbons (Fsp3) is 0.0476. The highest BCUT2D eigenvalue weighted by molar-refractivity contribution is 6.45. The minimum absolute atomic E-state index is 0.136. The Morgan fingerprint density at radius 1 is 0.828 bits per heavy atom. The van der Waals surface area contributed by atoms with Gasteiger partial charge in [0.05, 0.1) is 5.56 Å². The average Bonchev–Trinajstić information content (AvgIpc) is 2.70. The van der Waals surface area contributed by atoms with E-state index >= 15 is 0 Å². The Labute approximate surface area is 164 Å². The molecule has 3 rings (SSSR count). The summed E-state index contributed by atoms with van der Waals surface area (Å²) in [5, 5.41) is 2.23. The zero-order valence-corrected chi connectivity index (χ0v) is 15.0. The monoisotopic (exact) mass is 399 g/mol. The maximum Gasteiger partial charge on any atom is 0.416 e. The van der Waals surface area contributed by atoms with E-state index < -0.39 is 23.6 Å². The molecule has 5 nitrogen and oxygen atoms in total. The van der Waals surface area contributed by atoms with Crippen LogP contribution in [0.3, 0.4) is 0 Å². The molecule has 0 fully saturated rings. The van der Waals surface area contributed by atoms with Gasteiger partial charge in [-0.2, -0.15) is 13.2 Å². The van der Waals surface area contributed by atoms with E-state index in [1.54, 1.807) is 54.6 Å². The second-order valence-electron chi connectivity index (χ2n) is 6.10. The van der Waals surface area contributed by atoms with Crippen molar-refractivity contribution in [1.82, 2.24) is 0 Å². The zero-order chi connectivity index (χ0) is 21.0. The molecule has 3 N–H and O–H groups in total. The second-order valence-corrected chi connectivity index (χ2v) is 6.10. The molecule has 8 heteroatoms. The number of nitrogens with one attached hydrogen (secondary N) is 1. The molecule has 0 atom stereocenters. The SMILES string of the molecule is Nc1ccc(N(C(=O)C(=O)Nc2cccc(C(F)(F)F)c2)c2ccccc2)cc1. The number of nitrogens with zero attached hydrogens (tertiary/aromatic N) is 1. The molecule has 2 amide bonds. The van der Waals surface area contributed by atoms with Gasteiger partial charge in [0.15, 0.2) is 0 Å². The predicted molar refractivity (Wildman–Crippen MR) is 105 cm³/mol. The number of rotatable bonds is 3. The number of alkyl halides is 3. The summed E-state index contributed by atoms with van der Waals surface area (Å²) in [6.07, 6.45) is -4.56. The standard InChI is InChI=1S/C21H16F3N3O2/c22-21(23,24)14-5-4-6-16(13-14)26-19(28)20(29)27(17-7-2-1-3-8-17)18-11-9-15(25)10-12-18/h1-13H,25H2,(H,26,28). The van der Waals surface area contributed by atoms with Crippen molar-refractivity contribution in [2.24, 2.45) is 0 Å². The first-order valence-electron chi connectivity index (χ1n) is 8.49. The number of benzene rings is 3. The number of hydrogen-bond donors (Lipinski definition) is 2. The first-order valence-corrected chi connectivity index (χ1v) is 8.49. The maximum atomic E-state index is 12.9. The molecule has 0 heterocycles. The fourth-order valence-electron chi connectivity index (χ4n) is 2.64. The molecule has 0 unspecified atom stereocenters. The van der Waals surface area contributed by atoms with Crippen molar-refractivity contribution in [3.05, 3.63) is 84.4 Å². The molecule has 3 aromatic rings. The quantitative estimate of drug-likeness (QED) is 0.500. The Morgan fingerprint density at radius 3 is 2.07 bits per heavy atom. The third kappa shape index (κ3) is 4.73. The summed E-state index contributed by atoms with van der Waals surface area (Å²) in [6.45, 7) is 0. The second kappa shape index (κ2) is 8.05. The average molecular weight is 399 g/mol. The van der Waals surface area contributed by atoms with Crippen molar-refractivity contribution >= 4 is 34.6 Å². The summed E-state index contributed by atoms with van der Waals surface area (Å²) in [5.41, 5.74) is 5.89. The Morgan fingerprint density at radius 2 is 1.45 bits per heavy atom. The Hall–Kier alpha value is -3.81. The van der Waals surface area contributed by atoms with Crippen molar-refractivity contribution in [2.45, 2.75) is 6.18 Å². The highest BCUT2D eigenvalue weighted by atomic mass is 19.4. The lowest BCUT2D eigenvalue weighted by molar-refractivity contribution is -0.137. The number of carbonyl (C=O) groups excluding carboxylic acids is 2. The molecule has 0 aliphatic carbocycles. The van der Waals surface area contributed by atoms with E-state index in [0.717, 1.165) is 23.1 Å². The molecule has 0 aliphatic rings. The van der Waals surface area contributed by atoms with Gasteiger partial charge in [0.25, 0.3) is 0 Å². The highest BCUT2D eigenvalue weighted by Gasteiger charge is 2.31. The van der Waals surface area contributed by atoms with E-state index in [4.69, 9.17) is 5.73 Å². The topological polar surface area (TPSA) is 75.4 Å². The van der Waals surface area contributed by atoms with E-state index in [1.165, 1.54) is 6.07 Å². The first-order chi connectivity index (χ1) is 13.8. The van der Waals surface area contributed by atoms with Crippen molar-refractivity contribution in [3.63, 3.8) is 0 Å². The highest BCUT2D eigenvalue weighted by Crippen LogP contribution is 2.31. The number of anilines is 4. The van der Waals surface area contributed by atoms with Crippen LogP contribution >= 0.6 is 0 Å². The van der Waals surface area contributed by atoms with Crippen LogP contribution in [0.2, 0.25) is 0 Å². The lowest BCUT2D eigenvalue weighted by Crippen LogP contribution is -2.36. The molecular weight excluding hydrogens is 383 g/mol. The van der Waals surface area contributed by atoms with Gasteiger partial charge in [-0.1, -0.05) is 24.3 Å². The van der Waals surface area contributed by atoms with E-state index in [0.29, 0.717) is 17.1 Å². The van der Waals surface area contributed by atoms with Crippen molar-refractivity contribution in [3.8, 4) is 0 Å². The summed E-state index contributed by atoms with van der Waals surface area (Å²) >= 11 is 0. The largest absolute Gasteiger partial charge is 0.416 e. The van der Waals surface area contributed by atoms with Crippen LogP contribution in [0.15, 0.2) is 78.9 Å². The number of amides is 2. The normalized spacial score (nSPS) is 11.0. The fourth-order valence-corrected chi connectivity index (χ4v) is 2.64. The van der Waals surface area contributed by atoms with Crippen LogP contribution in [0, 0.1) is 0 Å². The third-order valence-corrected chi connectivity index (χ3v) is 4.01. The Balaban J connectivity index is 1.90. The first kappa shape index (κ1) is 19.9. The Bertz CT molecular complexity index is 1020. The minimum Gasteiger partial charge on any atom is -0.399 e. The van der Waals surface area contributed by atoms with Crippen LogP contribution in [0.5, 0.6) is 0 Å². The van der Waals surface area contributed by atoms with Crippen LogP contribution in [-0.2, 0) is 15.8 Å². The summed E-state index contributed by atoms with van der Waals surface area (Å²) in [4.78, 5) is 26.6. The molecule has 0 radical (unpaired) electrons. The van der Waals surface area contributed by atoms with Crippen LogP contribution < -0.4 is 16.0 Å². The molecule has 3 aromatic carbocycles. The van der Waals surface area contributed by atoms with Gasteiger partial charge in [0, 0.05) is 22.7 Å². The van der Waals surface area contributed by atoms with Gasteiger partial charge >= 0.3 is 18.0 Å². The van der Waals surface area contributed by atoms with Gasteiger partial charge < -0.3 is 11.1 Å². The van der Waals surface area contributed by atoms with Crippen LogP contribution in [0.25, 0.3) is 0 Å². The van der Waals surface area contributed by atoms with Gasteiger partial charge in [-0.3, -0.25) is 14.5 Å². The lowest BCUT2D eigenvalue weighted by Gasteiger charge is -2.22. The number of para-hydroxylation sites is 1. The number of nitrogen functional groups attached to an aromatic ring is 1. The number of hydrogen-bond acceptors (Lipinski definition) is 3. The summed E-state index contributed by atoms with van der Waals surface area (Å²) < 4.78 is 38.6. The molecule has 148 valence electrons. The van der Waals surface area contributed by atoms with Gasteiger partial charge in [-0.05, 0) is 54.6 Å². The predicted octanol–water partition coefficient (Wildman–Crippen LogP) is 4.59. The molecular formula is C21H16F3N3O2. The van der Waals surface area contributed by atoms with E-state index in [1.807, 2.05) is 0 Å². The van der Waals surface area contributed by atoms with E-state index in [2.05, 4.69) is 5.32 Å². The van der Waals surface area contributed by atoms with E-state index in [-0.39, 0.29) is 5.69 Å². The molecule has 0 saturated carbocycles. The lowest BCUT2D eigenvalue weighted by atomic mass is 10.2.